The molecular weight excluding hydrogens is 234 g/mol. The van der Waals surface area contributed by atoms with E-state index in [2.05, 4.69) is 62.9 Å². The van der Waals surface area contributed by atoms with Crippen molar-refractivity contribution in [2.45, 2.75) is 53.1 Å². The quantitative estimate of drug-likeness (QED) is 0.852. The molecule has 0 aliphatic rings. The average Bonchev–Trinajstić information content (AvgIpc) is 2.33. The second-order valence-corrected chi connectivity index (χ2v) is 6.69. The lowest BCUT2D eigenvalue weighted by Crippen LogP contribution is -2.35. The molecule has 1 aromatic heterocycles. The summed E-state index contributed by atoms with van der Waals surface area (Å²) in [5, 5.41) is 3.53. The molecular formula is C16H29N3. The van der Waals surface area contributed by atoms with Crippen molar-refractivity contribution in [2.24, 2.45) is 5.92 Å². The van der Waals surface area contributed by atoms with Gasteiger partial charge in [-0.15, -0.1) is 0 Å². The van der Waals surface area contributed by atoms with E-state index < -0.39 is 0 Å². The number of nitrogens with zero attached hydrogens (tertiary/aromatic N) is 2. The van der Waals surface area contributed by atoms with Gasteiger partial charge >= 0.3 is 0 Å². The molecule has 0 aliphatic carbocycles. The van der Waals surface area contributed by atoms with Crippen molar-refractivity contribution in [3.8, 4) is 0 Å². The lowest BCUT2D eigenvalue weighted by Gasteiger charge is -2.25. The van der Waals surface area contributed by atoms with E-state index in [1.165, 1.54) is 12.0 Å². The third kappa shape index (κ3) is 6.06. The standard InChI is InChI=1S/C16H29N3/c1-13(2)9-11-19(6)15-14(8-7-10-17-15)12-18-16(3,4)5/h7-8,10,13,18H,9,11-12H2,1-6H3. The molecule has 0 amide bonds. The van der Waals surface area contributed by atoms with Gasteiger partial charge in [0.1, 0.15) is 5.82 Å². The van der Waals surface area contributed by atoms with Gasteiger partial charge in [0.2, 0.25) is 0 Å². The van der Waals surface area contributed by atoms with E-state index in [1.807, 2.05) is 12.3 Å². The highest BCUT2D eigenvalue weighted by Gasteiger charge is 2.13. The van der Waals surface area contributed by atoms with Crippen molar-refractivity contribution in [1.29, 1.82) is 0 Å². The maximum Gasteiger partial charge on any atom is 0.132 e. The highest BCUT2D eigenvalue weighted by atomic mass is 15.2. The van der Waals surface area contributed by atoms with Crippen LogP contribution in [-0.2, 0) is 6.54 Å². The minimum atomic E-state index is 0.129. The van der Waals surface area contributed by atoms with Gasteiger partial charge in [-0.1, -0.05) is 19.9 Å². The van der Waals surface area contributed by atoms with Gasteiger partial charge in [0.25, 0.3) is 0 Å². The summed E-state index contributed by atoms with van der Waals surface area (Å²) in [7, 11) is 2.13. The first-order chi connectivity index (χ1) is 8.79. The van der Waals surface area contributed by atoms with E-state index in [0.29, 0.717) is 0 Å². The van der Waals surface area contributed by atoms with Crippen LogP contribution in [0.4, 0.5) is 5.82 Å². The first kappa shape index (κ1) is 16.0. The Kier molecular flexibility index (Phi) is 5.80. The SMILES string of the molecule is CC(C)CCN(C)c1ncccc1CNC(C)(C)C. The minimum absolute atomic E-state index is 0.129. The number of pyridine rings is 1. The maximum absolute atomic E-state index is 4.54. The summed E-state index contributed by atoms with van der Waals surface area (Å²) in [6.07, 6.45) is 3.07. The van der Waals surface area contributed by atoms with Gasteiger partial charge < -0.3 is 10.2 Å². The molecule has 0 atom stereocenters. The fourth-order valence-corrected chi connectivity index (χ4v) is 1.83. The van der Waals surface area contributed by atoms with Gasteiger partial charge in [-0.05, 0) is 39.2 Å². The Morgan fingerprint density at radius 1 is 1.32 bits per heavy atom. The van der Waals surface area contributed by atoms with Crippen molar-refractivity contribution in [2.75, 3.05) is 18.5 Å². The monoisotopic (exact) mass is 263 g/mol. The van der Waals surface area contributed by atoms with Crippen LogP contribution in [-0.4, -0.2) is 24.1 Å². The largest absolute Gasteiger partial charge is 0.359 e. The summed E-state index contributed by atoms with van der Waals surface area (Å²) in [6.45, 7) is 13.0. The van der Waals surface area contributed by atoms with Crippen LogP contribution in [0.5, 0.6) is 0 Å². The predicted octanol–water partition coefficient (Wildman–Crippen LogP) is 3.45. The summed E-state index contributed by atoms with van der Waals surface area (Å²) < 4.78 is 0. The Bertz CT molecular complexity index is 380. The molecule has 0 bridgehead atoms. The number of nitrogens with one attached hydrogen (secondary N) is 1. The summed E-state index contributed by atoms with van der Waals surface area (Å²) >= 11 is 0. The van der Waals surface area contributed by atoms with Gasteiger partial charge in [0.15, 0.2) is 0 Å². The lowest BCUT2D eigenvalue weighted by molar-refractivity contribution is 0.424. The molecule has 108 valence electrons. The van der Waals surface area contributed by atoms with Crippen molar-refractivity contribution < 1.29 is 0 Å². The molecule has 0 fully saturated rings. The second kappa shape index (κ2) is 6.90. The fraction of sp³-hybridized carbons (Fsp3) is 0.688. The van der Waals surface area contributed by atoms with E-state index in [0.717, 1.165) is 24.8 Å². The van der Waals surface area contributed by atoms with E-state index >= 15 is 0 Å². The highest BCUT2D eigenvalue weighted by molar-refractivity contribution is 5.45. The Balaban J connectivity index is 2.72. The summed E-state index contributed by atoms with van der Waals surface area (Å²) in [6, 6.07) is 4.17. The zero-order valence-electron chi connectivity index (χ0n) is 13.3. The topological polar surface area (TPSA) is 28.2 Å². The minimum Gasteiger partial charge on any atom is -0.359 e. The zero-order chi connectivity index (χ0) is 14.5. The molecule has 0 aliphatic heterocycles. The second-order valence-electron chi connectivity index (χ2n) is 6.69. The van der Waals surface area contributed by atoms with Gasteiger partial charge in [-0.2, -0.15) is 0 Å². The van der Waals surface area contributed by atoms with Crippen molar-refractivity contribution in [3.05, 3.63) is 23.9 Å². The van der Waals surface area contributed by atoms with Crippen LogP contribution >= 0.6 is 0 Å². The zero-order valence-corrected chi connectivity index (χ0v) is 13.3. The Morgan fingerprint density at radius 3 is 2.58 bits per heavy atom. The van der Waals surface area contributed by atoms with Crippen LogP contribution in [0.3, 0.4) is 0 Å². The van der Waals surface area contributed by atoms with Crippen LogP contribution in [0.1, 0.15) is 46.6 Å². The van der Waals surface area contributed by atoms with Crippen molar-refractivity contribution >= 4 is 5.82 Å². The summed E-state index contributed by atoms with van der Waals surface area (Å²) in [5.41, 5.74) is 1.40. The molecule has 0 spiro atoms. The smallest absolute Gasteiger partial charge is 0.132 e. The number of rotatable bonds is 6. The van der Waals surface area contributed by atoms with Crippen molar-refractivity contribution in [1.82, 2.24) is 10.3 Å². The van der Waals surface area contributed by atoms with E-state index in [4.69, 9.17) is 0 Å². The summed E-state index contributed by atoms with van der Waals surface area (Å²) in [4.78, 5) is 6.81. The third-order valence-electron chi connectivity index (χ3n) is 3.08. The van der Waals surface area contributed by atoms with Gasteiger partial charge in [0, 0.05) is 37.4 Å². The normalized spacial score (nSPS) is 11.9. The summed E-state index contributed by atoms with van der Waals surface area (Å²) in [5.74, 6) is 1.82. The Morgan fingerprint density at radius 2 is 2.00 bits per heavy atom. The van der Waals surface area contributed by atoms with Gasteiger partial charge in [-0.25, -0.2) is 4.98 Å². The van der Waals surface area contributed by atoms with Gasteiger partial charge in [-0.3, -0.25) is 0 Å². The molecule has 0 unspecified atom stereocenters. The number of anilines is 1. The number of hydrogen-bond acceptors (Lipinski definition) is 3. The predicted molar refractivity (Wildman–Crippen MR) is 83.6 cm³/mol. The fourth-order valence-electron chi connectivity index (χ4n) is 1.83. The lowest BCUT2D eigenvalue weighted by atomic mass is 10.1. The van der Waals surface area contributed by atoms with Crippen molar-refractivity contribution in [3.63, 3.8) is 0 Å². The maximum atomic E-state index is 4.54. The average molecular weight is 263 g/mol. The Hall–Kier alpha value is -1.09. The molecule has 0 aromatic carbocycles. The Labute approximate surface area is 118 Å². The van der Waals surface area contributed by atoms with E-state index in [1.54, 1.807) is 0 Å². The molecule has 1 rings (SSSR count). The van der Waals surface area contributed by atoms with Crippen LogP contribution in [0.15, 0.2) is 18.3 Å². The van der Waals surface area contributed by atoms with Crippen LogP contribution in [0.2, 0.25) is 0 Å². The number of hydrogen-bond donors (Lipinski definition) is 1. The van der Waals surface area contributed by atoms with E-state index in [9.17, 15) is 0 Å². The molecule has 19 heavy (non-hydrogen) atoms. The molecule has 0 saturated carbocycles. The first-order valence-corrected chi connectivity index (χ1v) is 7.19. The van der Waals surface area contributed by atoms with E-state index in [-0.39, 0.29) is 5.54 Å². The van der Waals surface area contributed by atoms with Crippen LogP contribution in [0.25, 0.3) is 0 Å². The molecule has 1 N–H and O–H groups in total. The van der Waals surface area contributed by atoms with Crippen LogP contribution < -0.4 is 10.2 Å². The molecule has 1 heterocycles. The third-order valence-corrected chi connectivity index (χ3v) is 3.08. The number of aromatic nitrogens is 1. The van der Waals surface area contributed by atoms with Crippen LogP contribution in [0, 0.1) is 5.92 Å². The highest BCUT2D eigenvalue weighted by Crippen LogP contribution is 2.17. The molecule has 0 saturated heterocycles. The van der Waals surface area contributed by atoms with Gasteiger partial charge in [0.05, 0.1) is 0 Å². The molecule has 0 radical (unpaired) electrons. The molecule has 1 aromatic rings. The first-order valence-electron chi connectivity index (χ1n) is 7.19. The molecule has 3 heteroatoms. The molecule has 3 nitrogen and oxygen atoms in total.